The lowest BCUT2D eigenvalue weighted by molar-refractivity contribution is -0.157. The Kier molecular flexibility index (Phi) is 4.62. The monoisotopic (exact) mass is 282 g/mol. The molecular formula is C14H22N2O4. The lowest BCUT2D eigenvalue weighted by Crippen LogP contribution is -2.46. The van der Waals surface area contributed by atoms with E-state index in [1.54, 1.807) is 4.90 Å². The summed E-state index contributed by atoms with van der Waals surface area (Å²) in [5, 5.41) is 11.7. The van der Waals surface area contributed by atoms with Gasteiger partial charge >= 0.3 is 5.97 Å². The third kappa shape index (κ3) is 3.29. The fraction of sp³-hybridized carbons (Fsp3) is 0.786. The highest BCUT2D eigenvalue weighted by atomic mass is 16.4. The number of hydrogen-bond acceptors (Lipinski definition) is 3. The minimum atomic E-state index is -0.902. The minimum absolute atomic E-state index is 0.0182. The van der Waals surface area contributed by atoms with Crippen molar-refractivity contribution < 1.29 is 19.5 Å². The number of amides is 2. The zero-order valence-electron chi connectivity index (χ0n) is 11.7. The van der Waals surface area contributed by atoms with Crippen molar-refractivity contribution in [2.45, 2.75) is 44.9 Å². The number of carbonyl (C=O) groups excluding carboxylic acids is 2. The first-order valence-corrected chi connectivity index (χ1v) is 7.31. The third-order valence-corrected chi connectivity index (χ3v) is 4.41. The van der Waals surface area contributed by atoms with Gasteiger partial charge in [0.1, 0.15) is 0 Å². The van der Waals surface area contributed by atoms with Gasteiger partial charge in [0.05, 0.1) is 12.0 Å². The summed E-state index contributed by atoms with van der Waals surface area (Å²) in [6.07, 6.45) is 5.12. The standard InChI is InChI=1S/C14H22N2O4/c17-11(9-14(13(19)20)5-4-6-14)15-10-12(18)16-7-2-1-3-8-16/h1-10H2,(H,15,17)(H,19,20). The van der Waals surface area contributed by atoms with Gasteiger partial charge in [-0.1, -0.05) is 6.42 Å². The summed E-state index contributed by atoms with van der Waals surface area (Å²) >= 11 is 0. The van der Waals surface area contributed by atoms with Crippen LogP contribution >= 0.6 is 0 Å². The number of aliphatic carboxylic acids is 1. The molecule has 0 aromatic carbocycles. The number of rotatable bonds is 5. The molecule has 0 bridgehead atoms. The molecule has 1 saturated carbocycles. The zero-order chi connectivity index (χ0) is 14.6. The van der Waals surface area contributed by atoms with Crippen LogP contribution in [0.1, 0.15) is 44.9 Å². The molecule has 2 aliphatic rings. The molecule has 0 radical (unpaired) electrons. The van der Waals surface area contributed by atoms with E-state index in [-0.39, 0.29) is 24.8 Å². The molecule has 2 rings (SSSR count). The molecule has 0 aromatic heterocycles. The molecule has 2 amide bonds. The molecule has 0 spiro atoms. The Morgan fingerprint density at radius 1 is 1.05 bits per heavy atom. The number of hydrogen-bond donors (Lipinski definition) is 2. The Labute approximate surface area is 118 Å². The van der Waals surface area contributed by atoms with Crippen LogP contribution in [0, 0.1) is 5.41 Å². The van der Waals surface area contributed by atoms with Gasteiger partial charge in [-0.15, -0.1) is 0 Å². The lowest BCUT2D eigenvalue weighted by atomic mass is 9.66. The van der Waals surface area contributed by atoms with Gasteiger partial charge in [-0.25, -0.2) is 0 Å². The van der Waals surface area contributed by atoms with E-state index in [4.69, 9.17) is 5.11 Å². The molecule has 1 saturated heterocycles. The van der Waals surface area contributed by atoms with Crippen LogP contribution < -0.4 is 5.32 Å². The van der Waals surface area contributed by atoms with E-state index in [1.807, 2.05) is 0 Å². The van der Waals surface area contributed by atoms with Gasteiger partial charge in [-0.3, -0.25) is 14.4 Å². The van der Waals surface area contributed by atoms with E-state index in [2.05, 4.69) is 5.32 Å². The molecule has 1 aliphatic carbocycles. The summed E-state index contributed by atoms with van der Waals surface area (Å²) in [5.74, 6) is -1.31. The molecular weight excluding hydrogens is 260 g/mol. The highest BCUT2D eigenvalue weighted by Gasteiger charge is 2.45. The summed E-state index contributed by atoms with van der Waals surface area (Å²) in [7, 11) is 0. The molecule has 0 atom stereocenters. The fourth-order valence-electron chi connectivity index (χ4n) is 2.87. The van der Waals surface area contributed by atoms with Crippen LogP contribution in [-0.2, 0) is 14.4 Å². The number of carboxylic acids is 1. The first-order chi connectivity index (χ1) is 9.53. The normalized spacial score (nSPS) is 20.9. The maximum Gasteiger partial charge on any atom is 0.310 e. The van der Waals surface area contributed by atoms with Gasteiger partial charge < -0.3 is 15.3 Å². The van der Waals surface area contributed by atoms with Crippen molar-refractivity contribution >= 4 is 17.8 Å². The Bertz CT molecular complexity index is 398. The quantitative estimate of drug-likeness (QED) is 0.779. The largest absolute Gasteiger partial charge is 0.481 e. The fourth-order valence-corrected chi connectivity index (χ4v) is 2.87. The maximum atomic E-state index is 11.9. The topological polar surface area (TPSA) is 86.7 Å². The van der Waals surface area contributed by atoms with E-state index >= 15 is 0 Å². The third-order valence-electron chi connectivity index (χ3n) is 4.41. The van der Waals surface area contributed by atoms with Crippen LogP contribution in [0.5, 0.6) is 0 Å². The average Bonchev–Trinajstić information content (AvgIpc) is 2.40. The van der Waals surface area contributed by atoms with Crippen molar-refractivity contribution in [1.29, 1.82) is 0 Å². The van der Waals surface area contributed by atoms with E-state index in [1.165, 1.54) is 0 Å². The molecule has 0 unspecified atom stereocenters. The number of carboxylic acid groups (broad SMARTS) is 1. The number of piperidine rings is 1. The van der Waals surface area contributed by atoms with Crippen LogP contribution in [0.3, 0.4) is 0 Å². The van der Waals surface area contributed by atoms with Crippen LogP contribution in [0.15, 0.2) is 0 Å². The predicted octanol–water partition coefficient (Wildman–Crippen LogP) is 0.760. The van der Waals surface area contributed by atoms with Gasteiger partial charge in [0, 0.05) is 19.5 Å². The SMILES string of the molecule is O=C(CC1(C(=O)O)CCC1)NCC(=O)N1CCCCC1. The Morgan fingerprint density at radius 3 is 2.20 bits per heavy atom. The average molecular weight is 282 g/mol. The lowest BCUT2D eigenvalue weighted by Gasteiger charge is -2.37. The summed E-state index contributed by atoms with van der Waals surface area (Å²) < 4.78 is 0. The van der Waals surface area contributed by atoms with Crippen molar-refractivity contribution in [2.75, 3.05) is 19.6 Å². The summed E-state index contributed by atoms with van der Waals surface area (Å²) in [4.78, 5) is 36.6. The molecule has 112 valence electrons. The molecule has 6 heteroatoms. The molecule has 2 N–H and O–H groups in total. The van der Waals surface area contributed by atoms with Crippen molar-refractivity contribution in [2.24, 2.45) is 5.41 Å². The second kappa shape index (κ2) is 6.24. The second-order valence-electron chi connectivity index (χ2n) is 5.83. The summed E-state index contributed by atoms with van der Waals surface area (Å²) in [6, 6.07) is 0. The van der Waals surface area contributed by atoms with Gasteiger partial charge in [0.25, 0.3) is 0 Å². The van der Waals surface area contributed by atoms with Gasteiger partial charge in [-0.05, 0) is 32.1 Å². The maximum absolute atomic E-state index is 11.9. The van der Waals surface area contributed by atoms with Crippen LogP contribution in [0.4, 0.5) is 0 Å². The molecule has 1 heterocycles. The summed E-state index contributed by atoms with van der Waals surface area (Å²) in [6.45, 7) is 1.50. The Balaban J connectivity index is 1.74. The minimum Gasteiger partial charge on any atom is -0.481 e. The van der Waals surface area contributed by atoms with Crippen molar-refractivity contribution in [3.8, 4) is 0 Å². The van der Waals surface area contributed by atoms with E-state index in [0.717, 1.165) is 38.8 Å². The van der Waals surface area contributed by atoms with Crippen molar-refractivity contribution in [3.63, 3.8) is 0 Å². The Hall–Kier alpha value is -1.59. The van der Waals surface area contributed by atoms with Gasteiger partial charge in [0.15, 0.2) is 0 Å². The smallest absolute Gasteiger partial charge is 0.310 e. The highest BCUT2D eigenvalue weighted by Crippen LogP contribution is 2.44. The van der Waals surface area contributed by atoms with Crippen LogP contribution in [-0.4, -0.2) is 47.4 Å². The van der Waals surface area contributed by atoms with E-state index in [0.29, 0.717) is 12.8 Å². The molecule has 0 aromatic rings. The zero-order valence-corrected chi connectivity index (χ0v) is 11.7. The number of nitrogens with zero attached hydrogens (tertiary/aromatic N) is 1. The van der Waals surface area contributed by atoms with Crippen LogP contribution in [0.2, 0.25) is 0 Å². The first kappa shape index (κ1) is 14.8. The van der Waals surface area contributed by atoms with Crippen molar-refractivity contribution in [1.82, 2.24) is 10.2 Å². The van der Waals surface area contributed by atoms with E-state index in [9.17, 15) is 14.4 Å². The number of nitrogens with one attached hydrogen (secondary N) is 1. The van der Waals surface area contributed by atoms with Gasteiger partial charge in [0.2, 0.25) is 11.8 Å². The van der Waals surface area contributed by atoms with Crippen LogP contribution in [0.25, 0.3) is 0 Å². The molecule has 1 aliphatic heterocycles. The van der Waals surface area contributed by atoms with Crippen molar-refractivity contribution in [3.05, 3.63) is 0 Å². The molecule has 2 fully saturated rings. The predicted molar refractivity (Wildman–Crippen MR) is 72.0 cm³/mol. The van der Waals surface area contributed by atoms with Gasteiger partial charge in [-0.2, -0.15) is 0 Å². The molecule has 6 nitrogen and oxygen atoms in total. The first-order valence-electron chi connectivity index (χ1n) is 7.31. The molecule has 20 heavy (non-hydrogen) atoms. The number of carbonyl (C=O) groups is 3. The summed E-state index contributed by atoms with van der Waals surface area (Å²) in [5.41, 5.74) is -0.891. The second-order valence-corrected chi connectivity index (χ2v) is 5.83. The highest BCUT2D eigenvalue weighted by molar-refractivity contribution is 5.88. The van der Waals surface area contributed by atoms with E-state index < -0.39 is 11.4 Å². The number of likely N-dealkylation sites (tertiary alicyclic amines) is 1. The Morgan fingerprint density at radius 2 is 1.70 bits per heavy atom.